The van der Waals surface area contributed by atoms with Gasteiger partial charge < -0.3 is 15.8 Å². The highest BCUT2D eigenvalue weighted by atomic mass is 16.5. The van der Waals surface area contributed by atoms with Gasteiger partial charge in [0.05, 0.1) is 0 Å². The molecule has 0 aliphatic rings. The molecule has 0 atom stereocenters. The van der Waals surface area contributed by atoms with Gasteiger partial charge in [-0.05, 0) is 24.3 Å². The first-order chi connectivity index (χ1) is 11.7. The Balaban J connectivity index is 1.63. The Morgan fingerprint density at radius 1 is 1.17 bits per heavy atom. The van der Waals surface area contributed by atoms with Crippen molar-refractivity contribution in [1.82, 2.24) is 14.8 Å². The lowest BCUT2D eigenvalue weighted by molar-refractivity contribution is 0.483. The smallest absolute Gasteiger partial charge is 0.193 e. The molecule has 0 fully saturated rings. The van der Waals surface area contributed by atoms with Crippen LogP contribution < -0.4 is 15.8 Å². The molecule has 1 aromatic heterocycles. The monoisotopic (exact) mass is 322 g/mol. The number of hydrogen-bond acceptors (Lipinski definition) is 4. The zero-order valence-corrected chi connectivity index (χ0v) is 13.3. The number of nitrogens with one attached hydrogen (secondary N) is 1. The van der Waals surface area contributed by atoms with Crippen LogP contribution in [-0.2, 0) is 13.6 Å². The summed E-state index contributed by atoms with van der Waals surface area (Å²) in [7, 11) is 1.81. The van der Waals surface area contributed by atoms with Gasteiger partial charge in [0.1, 0.15) is 24.4 Å². The Kier molecular flexibility index (Phi) is 4.71. The van der Waals surface area contributed by atoms with E-state index < -0.39 is 0 Å². The topological polar surface area (TPSA) is 90.4 Å². The van der Waals surface area contributed by atoms with Crippen LogP contribution in [0.1, 0.15) is 5.82 Å². The Labute approximate surface area is 139 Å². The molecule has 0 aliphatic heterocycles. The van der Waals surface area contributed by atoms with Crippen molar-refractivity contribution < 1.29 is 4.74 Å². The van der Waals surface area contributed by atoms with Crippen LogP contribution in [0.2, 0.25) is 0 Å². The lowest BCUT2D eigenvalue weighted by Crippen LogP contribution is -2.22. The number of benzene rings is 2. The summed E-state index contributed by atoms with van der Waals surface area (Å²) >= 11 is 0. The fourth-order valence-electron chi connectivity index (χ4n) is 2.06. The number of guanidine groups is 1. The van der Waals surface area contributed by atoms with Gasteiger partial charge in [-0.1, -0.05) is 24.3 Å². The maximum atomic E-state index is 5.90. The quantitative estimate of drug-likeness (QED) is 0.556. The fourth-order valence-corrected chi connectivity index (χ4v) is 2.06. The minimum atomic E-state index is 0.291. The summed E-state index contributed by atoms with van der Waals surface area (Å²) in [4.78, 5) is 8.32. The van der Waals surface area contributed by atoms with Gasteiger partial charge in [0, 0.05) is 18.8 Å². The van der Waals surface area contributed by atoms with Crippen LogP contribution in [0, 0.1) is 0 Å². The number of rotatable bonds is 5. The molecule has 0 radical (unpaired) electrons. The molecule has 0 spiro atoms. The lowest BCUT2D eigenvalue weighted by atomic mass is 10.3. The van der Waals surface area contributed by atoms with Crippen LogP contribution in [0.5, 0.6) is 11.5 Å². The van der Waals surface area contributed by atoms with E-state index in [4.69, 9.17) is 10.5 Å². The average Bonchev–Trinajstić information content (AvgIpc) is 3.00. The molecular formula is C17H18N6O. The van der Waals surface area contributed by atoms with E-state index in [2.05, 4.69) is 20.4 Å². The number of aryl methyl sites for hydroxylation is 1. The molecule has 0 unspecified atom stereocenters. The predicted octanol–water partition coefficient (Wildman–Crippen LogP) is 2.53. The average molecular weight is 322 g/mol. The zero-order chi connectivity index (χ0) is 16.8. The minimum absolute atomic E-state index is 0.291. The summed E-state index contributed by atoms with van der Waals surface area (Å²) in [5.74, 6) is 2.39. The lowest BCUT2D eigenvalue weighted by Gasteiger charge is -2.09. The van der Waals surface area contributed by atoms with E-state index in [-0.39, 0.29) is 0 Å². The van der Waals surface area contributed by atoms with Crippen molar-refractivity contribution in [2.45, 2.75) is 6.54 Å². The molecule has 122 valence electrons. The molecule has 2 aromatic carbocycles. The van der Waals surface area contributed by atoms with Crippen molar-refractivity contribution in [3.63, 3.8) is 0 Å². The van der Waals surface area contributed by atoms with Crippen LogP contribution in [0.25, 0.3) is 0 Å². The number of nitrogens with zero attached hydrogens (tertiary/aromatic N) is 4. The highest BCUT2D eigenvalue weighted by Crippen LogP contribution is 2.23. The second-order valence-corrected chi connectivity index (χ2v) is 5.10. The van der Waals surface area contributed by atoms with Gasteiger partial charge in [-0.2, -0.15) is 5.10 Å². The molecule has 0 bridgehead atoms. The van der Waals surface area contributed by atoms with Crippen LogP contribution in [-0.4, -0.2) is 20.7 Å². The highest BCUT2D eigenvalue weighted by molar-refractivity contribution is 5.92. The maximum absolute atomic E-state index is 5.90. The van der Waals surface area contributed by atoms with Crippen LogP contribution in [0.15, 0.2) is 65.9 Å². The third-order valence-corrected chi connectivity index (χ3v) is 3.12. The van der Waals surface area contributed by atoms with Crippen LogP contribution in [0.4, 0.5) is 5.69 Å². The molecule has 0 saturated carbocycles. The summed E-state index contributed by atoms with van der Waals surface area (Å²) in [5.41, 5.74) is 6.69. The maximum Gasteiger partial charge on any atom is 0.193 e. The summed E-state index contributed by atoms with van der Waals surface area (Å²) < 4.78 is 7.41. The molecule has 0 amide bonds. The molecule has 24 heavy (non-hydrogen) atoms. The zero-order valence-electron chi connectivity index (χ0n) is 13.3. The normalized spacial score (nSPS) is 11.3. The molecule has 1 heterocycles. The van der Waals surface area contributed by atoms with Gasteiger partial charge in [-0.25, -0.2) is 9.98 Å². The van der Waals surface area contributed by atoms with E-state index in [0.29, 0.717) is 24.1 Å². The van der Waals surface area contributed by atoms with Gasteiger partial charge in [0.2, 0.25) is 0 Å². The SMILES string of the molecule is Cn1cnc(CN=C(N)Nc2cccc(Oc3ccccc3)c2)n1. The number of hydrogen-bond donors (Lipinski definition) is 2. The molecule has 7 heteroatoms. The van der Waals surface area contributed by atoms with E-state index in [1.807, 2.05) is 54.6 Å². The fraction of sp³-hybridized carbons (Fsp3) is 0.118. The second kappa shape index (κ2) is 7.28. The highest BCUT2D eigenvalue weighted by Gasteiger charge is 2.01. The summed E-state index contributed by atoms with van der Waals surface area (Å²) in [5, 5.41) is 7.18. The number of aliphatic imine (C=N–C) groups is 1. The summed E-state index contributed by atoms with van der Waals surface area (Å²) in [6, 6.07) is 17.1. The van der Waals surface area contributed by atoms with E-state index in [9.17, 15) is 0 Å². The summed E-state index contributed by atoms with van der Waals surface area (Å²) in [6.07, 6.45) is 1.62. The number of nitrogens with two attached hydrogens (primary N) is 1. The van der Waals surface area contributed by atoms with Crippen molar-refractivity contribution in [2.24, 2.45) is 17.8 Å². The first-order valence-electron chi connectivity index (χ1n) is 7.43. The first-order valence-corrected chi connectivity index (χ1v) is 7.43. The third kappa shape index (κ3) is 4.33. The van der Waals surface area contributed by atoms with E-state index in [1.165, 1.54) is 0 Å². The number of para-hydroxylation sites is 1. The Morgan fingerprint density at radius 2 is 1.96 bits per heavy atom. The molecule has 3 aromatic rings. The van der Waals surface area contributed by atoms with Crippen molar-refractivity contribution in [3.05, 3.63) is 66.7 Å². The van der Waals surface area contributed by atoms with Crippen molar-refractivity contribution >= 4 is 11.6 Å². The summed E-state index contributed by atoms with van der Waals surface area (Å²) in [6.45, 7) is 0.319. The molecule has 0 aliphatic carbocycles. The van der Waals surface area contributed by atoms with Gasteiger partial charge in [0.15, 0.2) is 11.8 Å². The van der Waals surface area contributed by atoms with Crippen molar-refractivity contribution in [1.29, 1.82) is 0 Å². The molecular weight excluding hydrogens is 304 g/mol. The molecule has 3 rings (SSSR count). The first kappa shape index (κ1) is 15.5. The molecule has 3 N–H and O–H groups in total. The van der Waals surface area contributed by atoms with Crippen molar-refractivity contribution in [3.8, 4) is 11.5 Å². The van der Waals surface area contributed by atoms with Crippen LogP contribution >= 0.6 is 0 Å². The number of ether oxygens (including phenoxy) is 1. The van der Waals surface area contributed by atoms with Gasteiger partial charge in [-0.15, -0.1) is 0 Å². The van der Waals surface area contributed by atoms with Gasteiger partial charge in [-0.3, -0.25) is 4.68 Å². The van der Waals surface area contributed by atoms with Crippen LogP contribution in [0.3, 0.4) is 0 Å². The predicted molar refractivity (Wildman–Crippen MR) is 92.9 cm³/mol. The Hall–Kier alpha value is -3.35. The van der Waals surface area contributed by atoms with E-state index >= 15 is 0 Å². The van der Waals surface area contributed by atoms with Gasteiger partial charge >= 0.3 is 0 Å². The molecule has 7 nitrogen and oxygen atoms in total. The Bertz CT molecular complexity index is 828. The van der Waals surface area contributed by atoms with Crippen molar-refractivity contribution in [2.75, 3.05) is 5.32 Å². The third-order valence-electron chi connectivity index (χ3n) is 3.12. The van der Waals surface area contributed by atoms with E-state index in [0.717, 1.165) is 11.4 Å². The number of aromatic nitrogens is 3. The van der Waals surface area contributed by atoms with E-state index in [1.54, 1.807) is 18.1 Å². The minimum Gasteiger partial charge on any atom is -0.457 e. The second-order valence-electron chi connectivity index (χ2n) is 5.10. The standard InChI is InChI=1S/C17H18N6O/c1-23-12-20-16(22-23)11-19-17(18)21-13-6-5-9-15(10-13)24-14-7-3-2-4-8-14/h2-10,12H,11H2,1H3,(H3,18,19,21). The number of anilines is 1. The van der Waals surface area contributed by atoms with Gasteiger partial charge in [0.25, 0.3) is 0 Å². The molecule has 0 saturated heterocycles. The Morgan fingerprint density at radius 3 is 2.71 bits per heavy atom. The largest absolute Gasteiger partial charge is 0.457 e.